The first-order valence-corrected chi connectivity index (χ1v) is 9.61. The molecule has 1 saturated heterocycles. The predicted molar refractivity (Wildman–Crippen MR) is 103 cm³/mol. The molecule has 2 heterocycles. The second kappa shape index (κ2) is 8.95. The number of nitrogens with zero attached hydrogens (tertiary/aromatic N) is 2. The maximum absolute atomic E-state index is 12.9. The van der Waals surface area contributed by atoms with Crippen LogP contribution in [0.5, 0.6) is 11.5 Å². The van der Waals surface area contributed by atoms with Crippen molar-refractivity contribution < 1.29 is 23.8 Å². The Kier molecular flexibility index (Phi) is 6.38. The molecule has 0 aliphatic carbocycles. The van der Waals surface area contributed by atoms with Gasteiger partial charge in [-0.1, -0.05) is 0 Å². The number of nitrogens with one attached hydrogen (secondary N) is 1. The number of amides is 1. The molecule has 0 saturated carbocycles. The van der Waals surface area contributed by atoms with Gasteiger partial charge in [0.05, 0.1) is 20.8 Å². The van der Waals surface area contributed by atoms with E-state index in [9.17, 15) is 9.59 Å². The number of hydrogen-bond acceptors (Lipinski definition) is 7. The van der Waals surface area contributed by atoms with Gasteiger partial charge < -0.3 is 19.1 Å². The first kappa shape index (κ1) is 20.0. The van der Waals surface area contributed by atoms with Gasteiger partial charge in [0.15, 0.2) is 5.92 Å². The highest BCUT2D eigenvalue weighted by atomic mass is 16.5. The Hall–Kier alpha value is -2.77. The number of aliphatic imine (C=N–C) groups is 1. The largest absolute Gasteiger partial charge is 0.497 e. The third-order valence-corrected chi connectivity index (χ3v) is 5.05. The summed E-state index contributed by atoms with van der Waals surface area (Å²) < 4.78 is 15.9. The van der Waals surface area contributed by atoms with Crippen molar-refractivity contribution >= 4 is 17.8 Å². The van der Waals surface area contributed by atoms with Crippen molar-refractivity contribution in [3.63, 3.8) is 0 Å². The smallest absolute Gasteiger partial charge is 0.321 e. The first-order chi connectivity index (χ1) is 13.6. The Morgan fingerprint density at radius 1 is 1.21 bits per heavy atom. The van der Waals surface area contributed by atoms with Crippen molar-refractivity contribution in [2.24, 2.45) is 10.9 Å². The zero-order valence-corrected chi connectivity index (χ0v) is 16.6. The lowest BCUT2D eigenvalue weighted by atomic mass is 9.90. The van der Waals surface area contributed by atoms with Gasteiger partial charge >= 0.3 is 5.97 Å². The van der Waals surface area contributed by atoms with E-state index >= 15 is 0 Å². The summed E-state index contributed by atoms with van der Waals surface area (Å²) in [7, 11) is 3.10. The van der Waals surface area contributed by atoms with E-state index in [0.717, 1.165) is 25.9 Å². The number of benzene rings is 1. The molecule has 0 aromatic heterocycles. The van der Waals surface area contributed by atoms with Crippen LogP contribution in [0.25, 0.3) is 0 Å². The van der Waals surface area contributed by atoms with Crippen LogP contribution in [0.1, 0.15) is 37.8 Å². The molecule has 0 radical (unpaired) electrons. The highest BCUT2D eigenvalue weighted by molar-refractivity contribution is 6.08. The SMILES string of the molecule is CCOC(=O)C1C(=O)NC(N2CCCCC2)=NC1c1ccc(OC)cc1OC. The summed E-state index contributed by atoms with van der Waals surface area (Å²) in [5.74, 6) is -0.436. The molecule has 2 aliphatic rings. The number of carbonyl (C=O) groups is 2. The van der Waals surface area contributed by atoms with E-state index in [0.29, 0.717) is 23.0 Å². The molecule has 1 N–H and O–H groups in total. The van der Waals surface area contributed by atoms with Gasteiger partial charge in [-0.25, -0.2) is 4.99 Å². The Bertz CT molecular complexity index is 758. The molecule has 1 amide bonds. The highest BCUT2D eigenvalue weighted by Gasteiger charge is 2.43. The second-order valence-corrected chi connectivity index (χ2v) is 6.77. The lowest BCUT2D eigenvalue weighted by molar-refractivity contribution is -0.153. The summed E-state index contributed by atoms with van der Waals surface area (Å²) in [6.45, 7) is 3.56. The zero-order valence-electron chi connectivity index (χ0n) is 16.6. The zero-order chi connectivity index (χ0) is 20.1. The predicted octanol–water partition coefficient (Wildman–Crippen LogP) is 1.90. The van der Waals surface area contributed by atoms with Gasteiger partial charge in [-0.15, -0.1) is 0 Å². The van der Waals surface area contributed by atoms with Crippen molar-refractivity contribution in [3.8, 4) is 11.5 Å². The van der Waals surface area contributed by atoms with E-state index < -0.39 is 23.8 Å². The molecule has 2 atom stereocenters. The molecule has 28 heavy (non-hydrogen) atoms. The minimum Gasteiger partial charge on any atom is -0.497 e. The number of ether oxygens (including phenoxy) is 3. The molecule has 2 aliphatic heterocycles. The molecule has 1 aromatic carbocycles. The minimum atomic E-state index is -1.07. The quantitative estimate of drug-likeness (QED) is 0.611. The van der Waals surface area contributed by atoms with Crippen LogP contribution in [0.2, 0.25) is 0 Å². The van der Waals surface area contributed by atoms with Crippen LogP contribution in [0.15, 0.2) is 23.2 Å². The maximum Gasteiger partial charge on any atom is 0.321 e. The van der Waals surface area contributed by atoms with Crippen LogP contribution in [0.4, 0.5) is 0 Å². The van der Waals surface area contributed by atoms with E-state index in [2.05, 4.69) is 10.2 Å². The Morgan fingerprint density at radius 2 is 1.96 bits per heavy atom. The van der Waals surface area contributed by atoms with E-state index in [4.69, 9.17) is 19.2 Å². The van der Waals surface area contributed by atoms with Crippen molar-refractivity contribution in [3.05, 3.63) is 23.8 Å². The average molecular weight is 389 g/mol. The van der Waals surface area contributed by atoms with Crippen LogP contribution < -0.4 is 14.8 Å². The fourth-order valence-corrected chi connectivity index (χ4v) is 3.62. The molecular formula is C20H27N3O5. The van der Waals surface area contributed by atoms with Crippen molar-refractivity contribution in [1.29, 1.82) is 0 Å². The fraction of sp³-hybridized carbons (Fsp3) is 0.550. The fourth-order valence-electron chi connectivity index (χ4n) is 3.62. The van der Waals surface area contributed by atoms with Gasteiger partial charge in [-0.2, -0.15) is 0 Å². The second-order valence-electron chi connectivity index (χ2n) is 6.77. The molecule has 2 unspecified atom stereocenters. The molecule has 0 spiro atoms. The summed E-state index contributed by atoms with van der Waals surface area (Å²) in [5, 5.41) is 2.81. The molecule has 8 nitrogen and oxygen atoms in total. The van der Waals surface area contributed by atoms with Crippen LogP contribution in [-0.2, 0) is 14.3 Å². The first-order valence-electron chi connectivity index (χ1n) is 9.61. The van der Waals surface area contributed by atoms with Gasteiger partial charge in [-0.05, 0) is 38.3 Å². The van der Waals surface area contributed by atoms with Gasteiger partial charge in [0.1, 0.15) is 17.5 Å². The molecule has 1 fully saturated rings. The van der Waals surface area contributed by atoms with Crippen LogP contribution in [0.3, 0.4) is 0 Å². The minimum absolute atomic E-state index is 0.192. The third-order valence-electron chi connectivity index (χ3n) is 5.05. The molecule has 0 bridgehead atoms. The molecule has 3 rings (SSSR count). The summed E-state index contributed by atoms with van der Waals surface area (Å²) >= 11 is 0. The number of likely N-dealkylation sites (tertiary alicyclic amines) is 1. The lowest BCUT2D eigenvalue weighted by Crippen LogP contribution is -2.53. The van der Waals surface area contributed by atoms with Gasteiger partial charge in [0.25, 0.3) is 0 Å². The van der Waals surface area contributed by atoms with E-state index in [-0.39, 0.29) is 6.61 Å². The van der Waals surface area contributed by atoms with E-state index in [1.807, 2.05) is 0 Å². The summed E-state index contributed by atoms with van der Waals surface area (Å²) in [5.41, 5.74) is 0.644. The lowest BCUT2D eigenvalue weighted by Gasteiger charge is -2.35. The van der Waals surface area contributed by atoms with Crippen LogP contribution >= 0.6 is 0 Å². The number of esters is 1. The highest BCUT2D eigenvalue weighted by Crippen LogP contribution is 2.38. The maximum atomic E-state index is 12.9. The normalized spacial score (nSPS) is 22.2. The Balaban J connectivity index is 2.04. The number of piperidine rings is 1. The average Bonchev–Trinajstić information content (AvgIpc) is 2.73. The number of carbonyl (C=O) groups excluding carboxylic acids is 2. The summed E-state index contributed by atoms with van der Waals surface area (Å²) in [4.78, 5) is 32.3. The van der Waals surface area contributed by atoms with E-state index in [1.165, 1.54) is 13.5 Å². The monoisotopic (exact) mass is 389 g/mol. The van der Waals surface area contributed by atoms with Gasteiger partial charge in [0, 0.05) is 24.7 Å². The standard InChI is InChI=1S/C20H27N3O5/c1-4-28-19(25)16-17(14-9-8-13(26-2)12-15(14)27-3)21-20(22-18(16)24)23-10-6-5-7-11-23/h8-9,12,16-17H,4-7,10-11H2,1-3H3,(H,21,22,24). The topological polar surface area (TPSA) is 89.5 Å². The number of rotatable bonds is 5. The number of methoxy groups -OCH3 is 2. The molecular weight excluding hydrogens is 362 g/mol. The van der Waals surface area contributed by atoms with E-state index in [1.54, 1.807) is 32.2 Å². The third kappa shape index (κ3) is 4.05. The Labute approximate surface area is 164 Å². The summed E-state index contributed by atoms with van der Waals surface area (Å²) in [6.07, 6.45) is 3.26. The van der Waals surface area contributed by atoms with Gasteiger partial charge in [-0.3, -0.25) is 14.9 Å². The summed E-state index contributed by atoms with van der Waals surface area (Å²) in [6, 6.07) is 4.54. The van der Waals surface area contributed by atoms with Crippen LogP contribution in [0, 0.1) is 5.92 Å². The molecule has 152 valence electrons. The van der Waals surface area contributed by atoms with Crippen LogP contribution in [-0.4, -0.2) is 56.7 Å². The Morgan fingerprint density at radius 3 is 2.61 bits per heavy atom. The molecule has 8 heteroatoms. The number of guanidine groups is 1. The van der Waals surface area contributed by atoms with Crippen molar-refractivity contribution in [1.82, 2.24) is 10.2 Å². The van der Waals surface area contributed by atoms with Crippen molar-refractivity contribution in [2.75, 3.05) is 33.9 Å². The molecule has 1 aromatic rings. The van der Waals surface area contributed by atoms with Crippen molar-refractivity contribution in [2.45, 2.75) is 32.2 Å². The number of hydrogen-bond donors (Lipinski definition) is 1. The van der Waals surface area contributed by atoms with Gasteiger partial charge in [0.2, 0.25) is 11.9 Å².